The minimum atomic E-state index is -4.62. The van der Waals surface area contributed by atoms with Gasteiger partial charge >= 0.3 is 15.6 Å². The lowest BCUT2D eigenvalue weighted by atomic mass is 10.1. The van der Waals surface area contributed by atoms with Gasteiger partial charge in [0.1, 0.15) is 36.6 Å². The van der Waals surface area contributed by atoms with Gasteiger partial charge in [0.05, 0.1) is 25.4 Å². The molecule has 2 aliphatic rings. The van der Waals surface area contributed by atoms with Crippen molar-refractivity contribution in [2.45, 2.75) is 62.7 Å². The third kappa shape index (κ3) is 7.00. The first-order valence-corrected chi connectivity index (χ1v) is 12.6. The smallest absolute Gasteiger partial charge is 0.382 e. The van der Waals surface area contributed by atoms with Crippen LogP contribution in [0.2, 0.25) is 0 Å². The van der Waals surface area contributed by atoms with Gasteiger partial charge in [0.2, 0.25) is 0 Å². The van der Waals surface area contributed by atoms with Crippen molar-refractivity contribution in [1.29, 1.82) is 0 Å². The van der Waals surface area contributed by atoms with Crippen LogP contribution in [0.25, 0.3) is 0 Å². The van der Waals surface area contributed by atoms with Gasteiger partial charge in [-0.25, -0.2) is 9.13 Å². The number of methoxy groups -OCH3 is 3. The fourth-order valence-corrected chi connectivity index (χ4v) is 5.32. The highest BCUT2D eigenvalue weighted by atomic mass is 31.2. The quantitative estimate of drug-likeness (QED) is 0.369. The summed E-state index contributed by atoms with van der Waals surface area (Å²) in [5.74, 6) is 0. The molecule has 15 heteroatoms. The molecule has 0 aromatic carbocycles. The van der Waals surface area contributed by atoms with Gasteiger partial charge in [-0.3, -0.25) is 18.1 Å². The maximum absolute atomic E-state index is 12.6. The highest BCUT2D eigenvalue weighted by molar-refractivity contribution is 7.47. The first-order valence-electron chi connectivity index (χ1n) is 9.56. The molecule has 0 aliphatic carbocycles. The zero-order valence-corrected chi connectivity index (χ0v) is 20.1. The summed E-state index contributed by atoms with van der Waals surface area (Å²) in [7, 11) is -3.72. The van der Waals surface area contributed by atoms with Crippen molar-refractivity contribution in [1.82, 2.24) is 0 Å². The monoisotopic (exact) mass is 494 g/mol. The second-order valence-corrected chi connectivity index (χ2v) is 10.1. The van der Waals surface area contributed by atoms with E-state index >= 15 is 0 Å². The van der Waals surface area contributed by atoms with Crippen molar-refractivity contribution >= 4 is 15.6 Å². The molecule has 0 amide bonds. The van der Waals surface area contributed by atoms with Gasteiger partial charge in [0.25, 0.3) is 0 Å². The number of hydrogen-bond acceptors (Lipinski definition) is 11. The van der Waals surface area contributed by atoms with E-state index in [1.807, 2.05) is 0 Å². The zero-order valence-electron chi connectivity index (χ0n) is 18.3. The van der Waals surface area contributed by atoms with Crippen molar-refractivity contribution in [2.75, 3.05) is 41.7 Å². The normalized spacial score (nSPS) is 40.0. The number of rotatable bonds is 12. The van der Waals surface area contributed by atoms with Crippen LogP contribution < -0.4 is 0 Å². The summed E-state index contributed by atoms with van der Waals surface area (Å²) in [5.41, 5.74) is 0. The number of phosphoric acid groups is 2. The minimum Gasteiger partial charge on any atom is -0.382 e. The standard InChI is InChI=1S/C16H32O13P2/c1-9-13(22-4)15(11(26-9)7-21-3)29-31(19,20)25-8-12-16(28-30(17,18)24-6)14(23-5)10(2)27-12/h9-16H,7-8H2,1-6H3,(H,17,18)(H,19,20)/t9-,10-,11+,12+,13-,14-,15+,16+/m0/s1. The van der Waals surface area contributed by atoms with Gasteiger partial charge in [0.15, 0.2) is 0 Å². The van der Waals surface area contributed by atoms with E-state index in [2.05, 4.69) is 4.52 Å². The van der Waals surface area contributed by atoms with Crippen molar-refractivity contribution in [3.05, 3.63) is 0 Å². The lowest BCUT2D eigenvalue weighted by molar-refractivity contribution is -0.0440. The van der Waals surface area contributed by atoms with Gasteiger partial charge in [0, 0.05) is 28.4 Å². The SMILES string of the molecule is COC[C@H]1O[C@@H](C)[C@H](OC)[C@@H]1OP(=O)(O)OC[C@H]1O[C@@H](C)[C@H](OC)[C@@H]1OP(=O)(O)OC. The van der Waals surface area contributed by atoms with Crippen LogP contribution in [-0.4, -0.2) is 100 Å². The van der Waals surface area contributed by atoms with E-state index in [-0.39, 0.29) is 6.61 Å². The maximum atomic E-state index is 12.6. The molecule has 10 atom stereocenters. The molecule has 0 saturated carbocycles. The Morgan fingerprint density at radius 1 is 0.742 bits per heavy atom. The van der Waals surface area contributed by atoms with E-state index < -0.39 is 71.1 Å². The van der Waals surface area contributed by atoms with Gasteiger partial charge < -0.3 is 33.5 Å². The predicted octanol–water partition coefficient (Wildman–Crippen LogP) is 0.872. The Morgan fingerprint density at radius 3 is 1.61 bits per heavy atom. The molecule has 2 heterocycles. The van der Waals surface area contributed by atoms with E-state index in [0.29, 0.717) is 0 Å². The van der Waals surface area contributed by atoms with E-state index in [4.69, 9.17) is 37.3 Å². The Bertz CT molecular complexity index is 663. The number of ether oxygens (including phenoxy) is 5. The zero-order chi connectivity index (χ0) is 23.4. The Labute approximate surface area is 181 Å². The lowest BCUT2D eigenvalue weighted by Gasteiger charge is -2.26. The summed E-state index contributed by atoms with van der Waals surface area (Å²) < 4.78 is 71.5. The van der Waals surface area contributed by atoms with Crippen LogP contribution in [0.1, 0.15) is 13.8 Å². The average Bonchev–Trinajstić information content (AvgIpc) is 3.15. The summed E-state index contributed by atoms with van der Waals surface area (Å²) in [4.78, 5) is 19.9. The molecule has 0 radical (unpaired) electrons. The third-order valence-corrected chi connectivity index (χ3v) is 7.06. The highest BCUT2D eigenvalue weighted by Gasteiger charge is 2.50. The molecule has 2 rings (SSSR count). The van der Waals surface area contributed by atoms with Crippen molar-refractivity contribution in [3.63, 3.8) is 0 Å². The molecular weight excluding hydrogens is 462 g/mol. The molecule has 2 saturated heterocycles. The van der Waals surface area contributed by atoms with Gasteiger partial charge in [-0.2, -0.15) is 0 Å². The van der Waals surface area contributed by atoms with E-state index in [9.17, 15) is 18.9 Å². The fourth-order valence-electron chi connectivity index (χ4n) is 3.71. The molecular formula is C16H32O13P2. The van der Waals surface area contributed by atoms with E-state index in [0.717, 1.165) is 7.11 Å². The van der Waals surface area contributed by atoms with Crippen LogP contribution in [-0.2, 0) is 50.9 Å². The van der Waals surface area contributed by atoms with Crippen molar-refractivity contribution < 1.29 is 60.7 Å². The number of hydrogen-bond donors (Lipinski definition) is 2. The van der Waals surface area contributed by atoms with Crippen LogP contribution in [0.5, 0.6) is 0 Å². The molecule has 2 fully saturated rings. The van der Waals surface area contributed by atoms with E-state index in [1.54, 1.807) is 13.8 Å². The Kier molecular flexibility index (Phi) is 10.1. The molecule has 2 aliphatic heterocycles. The molecule has 0 aromatic rings. The predicted molar refractivity (Wildman–Crippen MR) is 104 cm³/mol. The summed E-state index contributed by atoms with van der Waals surface area (Å²) in [6.07, 6.45) is -5.99. The summed E-state index contributed by atoms with van der Waals surface area (Å²) >= 11 is 0. The summed E-state index contributed by atoms with van der Waals surface area (Å²) in [5, 5.41) is 0. The van der Waals surface area contributed by atoms with Crippen molar-refractivity contribution in [3.8, 4) is 0 Å². The lowest BCUT2D eigenvalue weighted by Crippen LogP contribution is -2.38. The third-order valence-electron chi connectivity index (χ3n) is 5.10. The summed E-state index contributed by atoms with van der Waals surface area (Å²) in [6.45, 7) is 3.03. The largest absolute Gasteiger partial charge is 0.472 e. The minimum absolute atomic E-state index is 0.117. The van der Waals surface area contributed by atoms with Gasteiger partial charge in [-0.05, 0) is 13.8 Å². The fraction of sp³-hybridized carbons (Fsp3) is 1.00. The molecule has 0 bridgehead atoms. The van der Waals surface area contributed by atoms with Gasteiger partial charge in [-0.15, -0.1) is 0 Å². The van der Waals surface area contributed by atoms with Crippen LogP contribution in [0.4, 0.5) is 0 Å². The first kappa shape index (κ1) is 27.3. The van der Waals surface area contributed by atoms with E-state index in [1.165, 1.54) is 21.3 Å². The molecule has 0 aromatic heterocycles. The Balaban J connectivity index is 2.06. The van der Waals surface area contributed by atoms with Crippen molar-refractivity contribution in [2.24, 2.45) is 0 Å². The topological polar surface area (TPSA) is 158 Å². The Morgan fingerprint density at radius 2 is 1.19 bits per heavy atom. The molecule has 31 heavy (non-hydrogen) atoms. The highest BCUT2D eigenvalue weighted by Crippen LogP contribution is 2.50. The number of phosphoric ester groups is 2. The molecule has 13 nitrogen and oxygen atoms in total. The van der Waals surface area contributed by atoms with Crippen LogP contribution in [0.3, 0.4) is 0 Å². The molecule has 184 valence electrons. The molecule has 0 spiro atoms. The first-order chi connectivity index (χ1) is 14.5. The average molecular weight is 494 g/mol. The van der Waals surface area contributed by atoms with Gasteiger partial charge in [-0.1, -0.05) is 0 Å². The second kappa shape index (κ2) is 11.4. The molecule has 2 N–H and O–H groups in total. The van der Waals surface area contributed by atoms with Crippen LogP contribution in [0, 0.1) is 0 Å². The van der Waals surface area contributed by atoms with Crippen LogP contribution >= 0.6 is 15.6 Å². The van der Waals surface area contributed by atoms with Crippen LogP contribution in [0.15, 0.2) is 0 Å². The molecule has 2 unspecified atom stereocenters. The second-order valence-electron chi connectivity index (χ2n) is 7.17. The Hall–Kier alpha value is 0.0200. The summed E-state index contributed by atoms with van der Waals surface area (Å²) in [6, 6.07) is 0. The maximum Gasteiger partial charge on any atom is 0.472 e.